The van der Waals surface area contributed by atoms with Crippen LogP contribution >= 0.6 is 0 Å². The molecule has 0 spiro atoms. The summed E-state index contributed by atoms with van der Waals surface area (Å²) in [5, 5.41) is -0.586. The van der Waals surface area contributed by atoms with Crippen molar-refractivity contribution in [1.29, 1.82) is 0 Å². The summed E-state index contributed by atoms with van der Waals surface area (Å²) in [6.45, 7) is 4.69. The van der Waals surface area contributed by atoms with Crippen molar-refractivity contribution in [3.8, 4) is 5.75 Å². The standard InChI is InChI=1S/C24H29F2N5O3S/c1-23(2)22(27)31-24(3,20-6-4-5-11-29-35(20,23)33)21-17(26)9-7-15(30-21)12-19(32)18-10-8-16(13-28-18)34-14-25/h7-10,13,20H,4-6,11-12,14H2,1-3H3,(H2,27,31)/t20-,24-,35+/m0/s1. The number of Topliss-reactive ketones (excluding diaryl/α,β-unsaturated/α-hetero) is 1. The number of aromatic nitrogens is 2. The van der Waals surface area contributed by atoms with E-state index < -0.39 is 37.9 Å². The highest BCUT2D eigenvalue weighted by Gasteiger charge is 2.56. The number of aliphatic imine (C=N–C) groups is 1. The van der Waals surface area contributed by atoms with E-state index in [0.717, 1.165) is 12.8 Å². The fourth-order valence-electron chi connectivity index (χ4n) is 4.70. The average molecular weight is 506 g/mol. The zero-order valence-electron chi connectivity index (χ0n) is 20.0. The lowest BCUT2D eigenvalue weighted by Gasteiger charge is -2.46. The van der Waals surface area contributed by atoms with Crippen LogP contribution in [0.25, 0.3) is 0 Å². The van der Waals surface area contributed by atoms with Crippen LogP contribution in [0.5, 0.6) is 5.75 Å². The van der Waals surface area contributed by atoms with Crippen LogP contribution in [-0.4, -0.2) is 49.2 Å². The molecule has 8 nitrogen and oxygen atoms in total. The van der Waals surface area contributed by atoms with Gasteiger partial charge in [0.1, 0.15) is 39.1 Å². The van der Waals surface area contributed by atoms with E-state index in [4.69, 9.17) is 10.5 Å². The Hall–Kier alpha value is -2.95. The number of fused-ring (bicyclic) bond motifs is 1. The predicted octanol–water partition coefficient (Wildman–Crippen LogP) is 3.73. The maximum Gasteiger partial charge on any atom is 0.228 e. The zero-order valence-corrected chi connectivity index (χ0v) is 20.8. The van der Waals surface area contributed by atoms with Crippen LogP contribution < -0.4 is 10.5 Å². The van der Waals surface area contributed by atoms with Crippen molar-refractivity contribution in [3.05, 3.63) is 53.4 Å². The summed E-state index contributed by atoms with van der Waals surface area (Å²) >= 11 is 0. The molecule has 2 aromatic heterocycles. The summed E-state index contributed by atoms with van der Waals surface area (Å²) in [5.41, 5.74) is 5.45. The van der Waals surface area contributed by atoms with Crippen LogP contribution in [-0.2, 0) is 21.7 Å². The Morgan fingerprint density at radius 3 is 2.69 bits per heavy atom. The minimum absolute atomic E-state index is 0.00396. The fraction of sp³-hybridized carbons (Fsp3) is 0.500. The molecule has 11 heteroatoms. The molecule has 3 atom stereocenters. The van der Waals surface area contributed by atoms with Crippen LogP contribution in [0.15, 0.2) is 39.8 Å². The number of ether oxygens (including phenoxy) is 1. The molecule has 0 amide bonds. The molecule has 35 heavy (non-hydrogen) atoms. The molecule has 188 valence electrons. The Morgan fingerprint density at radius 2 is 2.00 bits per heavy atom. The first kappa shape index (κ1) is 25.2. The van der Waals surface area contributed by atoms with Gasteiger partial charge in [-0.05, 0) is 57.9 Å². The molecular weight excluding hydrogens is 476 g/mol. The van der Waals surface area contributed by atoms with Gasteiger partial charge < -0.3 is 10.5 Å². The number of pyridine rings is 2. The Bertz CT molecular complexity index is 1290. The highest BCUT2D eigenvalue weighted by Crippen LogP contribution is 2.46. The van der Waals surface area contributed by atoms with E-state index in [2.05, 4.69) is 19.3 Å². The first-order valence-electron chi connectivity index (χ1n) is 11.4. The van der Waals surface area contributed by atoms with Crippen molar-refractivity contribution in [3.63, 3.8) is 0 Å². The van der Waals surface area contributed by atoms with Crippen LogP contribution in [0.2, 0.25) is 0 Å². The van der Waals surface area contributed by atoms with Crippen molar-refractivity contribution >= 4 is 21.3 Å². The number of alkyl halides is 1. The third kappa shape index (κ3) is 4.30. The Morgan fingerprint density at radius 1 is 1.23 bits per heavy atom. The van der Waals surface area contributed by atoms with E-state index in [9.17, 15) is 13.4 Å². The molecule has 2 aromatic rings. The van der Waals surface area contributed by atoms with Crippen molar-refractivity contribution in [1.82, 2.24) is 9.97 Å². The number of nitrogens with two attached hydrogens (primary N) is 1. The first-order chi connectivity index (χ1) is 16.5. The smallest absolute Gasteiger partial charge is 0.228 e. The lowest BCUT2D eigenvalue weighted by Crippen LogP contribution is -2.59. The fourth-order valence-corrected chi connectivity index (χ4v) is 7.93. The molecule has 0 saturated heterocycles. The van der Waals surface area contributed by atoms with Gasteiger partial charge in [0.05, 0.1) is 27.6 Å². The second-order valence-electron chi connectivity index (χ2n) is 9.43. The van der Waals surface area contributed by atoms with Crippen molar-refractivity contribution in [2.75, 3.05) is 13.4 Å². The minimum atomic E-state index is -2.91. The third-order valence-corrected chi connectivity index (χ3v) is 10.5. The highest BCUT2D eigenvalue weighted by atomic mass is 32.2. The molecule has 0 aliphatic carbocycles. The number of hydrogen-bond acceptors (Lipinski definition) is 8. The molecule has 2 aliphatic heterocycles. The van der Waals surface area contributed by atoms with E-state index in [1.165, 1.54) is 30.5 Å². The second-order valence-corrected chi connectivity index (χ2v) is 12.4. The van der Waals surface area contributed by atoms with Gasteiger partial charge in [-0.25, -0.2) is 22.3 Å². The lowest BCUT2D eigenvalue weighted by atomic mass is 9.88. The number of ketones is 1. The molecule has 0 saturated carbocycles. The molecule has 2 N–H and O–H groups in total. The monoisotopic (exact) mass is 505 g/mol. The summed E-state index contributed by atoms with van der Waals surface area (Å²) in [4.78, 5) is 26.0. The van der Waals surface area contributed by atoms with Gasteiger partial charge in [-0.15, -0.1) is 0 Å². The molecule has 0 aromatic carbocycles. The van der Waals surface area contributed by atoms with Crippen LogP contribution in [0.1, 0.15) is 61.9 Å². The topological polar surface area (TPSA) is 120 Å². The molecule has 2 aliphatic rings. The van der Waals surface area contributed by atoms with E-state index in [-0.39, 0.29) is 35.2 Å². The van der Waals surface area contributed by atoms with E-state index in [1.54, 1.807) is 20.8 Å². The number of amidine groups is 1. The van der Waals surface area contributed by atoms with Gasteiger partial charge in [0, 0.05) is 12.2 Å². The summed E-state index contributed by atoms with van der Waals surface area (Å²) in [5.74, 6) is -0.619. The maximum atomic E-state index is 15.2. The summed E-state index contributed by atoms with van der Waals surface area (Å²) in [7, 11) is -2.91. The minimum Gasteiger partial charge on any atom is -0.461 e. The van der Waals surface area contributed by atoms with Gasteiger partial charge in [-0.3, -0.25) is 14.8 Å². The lowest BCUT2D eigenvalue weighted by molar-refractivity contribution is 0.0986. The SMILES string of the molecule is CC1(C)C(N)=N[C@](C)(c2nc(CC(=O)c3ccc(OCF)cn3)ccc2F)[C@@H]2CCCCN=[S@@]21=O. The predicted molar refractivity (Wildman–Crippen MR) is 129 cm³/mol. The van der Waals surface area contributed by atoms with Gasteiger partial charge in [0.2, 0.25) is 6.86 Å². The Balaban J connectivity index is 1.73. The summed E-state index contributed by atoms with van der Waals surface area (Å²) < 4.78 is 50.2. The molecule has 4 heterocycles. The Kier molecular flexibility index (Phi) is 6.65. The molecule has 4 rings (SSSR count). The number of nitrogens with zero attached hydrogens (tertiary/aromatic N) is 4. The largest absolute Gasteiger partial charge is 0.461 e. The van der Waals surface area contributed by atoms with Crippen molar-refractivity contribution in [2.45, 2.75) is 62.0 Å². The number of carbonyl (C=O) groups is 1. The van der Waals surface area contributed by atoms with Gasteiger partial charge in [-0.1, -0.05) is 6.42 Å². The number of rotatable bonds is 6. The van der Waals surface area contributed by atoms with Crippen LogP contribution in [0.4, 0.5) is 8.78 Å². The normalized spacial score (nSPS) is 27.7. The zero-order chi connectivity index (χ0) is 25.4. The molecule has 0 fully saturated rings. The maximum absolute atomic E-state index is 15.2. The highest BCUT2D eigenvalue weighted by molar-refractivity contribution is 7.96. The van der Waals surface area contributed by atoms with Gasteiger partial charge >= 0.3 is 0 Å². The van der Waals surface area contributed by atoms with Gasteiger partial charge in [0.25, 0.3) is 0 Å². The number of carbonyl (C=O) groups excluding carboxylic acids is 1. The van der Waals surface area contributed by atoms with Crippen molar-refractivity contribution in [2.24, 2.45) is 15.1 Å². The molecule has 0 unspecified atom stereocenters. The molecule has 0 radical (unpaired) electrons. The van der Waals surface area contributed by atoms with Crippen LogP contribution in [0, 0.1) is 5.82 Å². The quantitative estimate of drug-likeness (QED) is 0.598. The van der Waals surface area contributed by atoms with Gasteiger partial charge in [-0.2, -0.15) is 0 Å². The first-order valence-corrected chi connectivity index (χ1v) is 13.0. The average Bonchev–Trinajstić information content (AvgIpc) is 3.03. The second kappa shape index (κ2) is 9.25. The van der Waals surface area contributed by atoms with Gasteiger partial charge in [0.15, 0.2) is 5.78 Å². The molecular formula is C24H29F2N5O3S. The van der Waals surface area contributed by atoms with E-state index in [0.29, 0.717) is 18.7 Å². The summed E-state index contributed by atoms with van der Waals surface area (Å²) in [6, 6.07) is 5.53. The summed E-state index contributed by atoms with van der Waals surface area (Å²) in [6.07, 6.45) is 3.21. The van der Waals surface area contributed by atoms with Crippen molar-refractivity contribution < 1.29 is 22.5 Å². The number of hydrogen-bond donors (Lipinski definition) is 1. The van der Waals surface area contributed by atoms with E-state index in [1.807, 2.05) is 0 Å². The number of halogens is 2. The molecule has 0 bridgehead atoms. The van der Waals surface area contributed by atoms with Crippen LogP contribution in [0.3, 0.4) is 0 Å². The Labute approximate surface area is 203 Å². The van der Waals surface area contributed by atoms with E-state index >= 15 is 4.39 Å². The third-order valence-electron chi connectivity index (χ3n) is 6.84.